The molecule has 2 N–H and O–H groups in total. The third-order valence-corrected chi connectivity index (χ3v) is 4.33. The molecular formula is C19H23NO. The summed E-state index contributed by atoms with van der Waals surface area (Å²) in [6, 6.07) is 17.0. The smallest absolute Gasteiger partial charge is 0.115 e. The van der Waals surface area contributed by atoms with E-state index >= 15 is 0 Å². The summed E-state index contributed by atoms with van der Waals surface area (Å²) in [4.78, 5) is 0. The van der Waals surface area contributed by atoms with Crippen molar-refractivity contribution in [3.63, 3.8) is 0 Å². The second kappa shape index (κ2) is 5.90. The van der Waals surface area contributed by atoms with Gasteiger partial charge in [0.1, 0.15) is 5.75 Å². The summed E-state index contributed by atoms with van der Waals surface area (Å²) in [5.74, 6) is 1.08. The van der Waals surface area contributed by atoms with E-state index in [9.17, 15) is 5.11 Å². The van der Waals surface area contributed by atoms with Gasteiger partial charge in [0.25, 0.3) is 0 Å². The zero-order chi connectivity index (χ0) is 14.8. The van der Waals surface area contributed by atoms with E-state index in [1.165, 1.54) is 24.0 Å². The van der Waals surface area contributed by atoms with Crippen molar-refractivity contribution in [3.05, 3.63) is 65.2 Å². The van der Waals surface area contributed by atoms with Crippen molar-refractivity contribution < 1.29 is 5.11 Å². The van der Waals surface area contributed by atoms with Crippen LogP contribution in [0.25, 0.3) is 0 Å². The normalized spacial score (nSPS) is 17.4. The van der Waals surface area contributed by atoms with Crippen LogP contribution in [0.5, 0.6) is 5.75 Å². The molecule has 0 aromatic heterocycles. The monoisotopic (exact) mass is 281 g/mol. The quantitative estimate of drug-likeness (QED) is 0.845. The predicted octanol–water partition coefficient (Wildman–Crippen LogP) is 4.50. The number of nitrogens with one attached hydrogen (secondary N) is 1. The molecule has 0 bridgehead atoms. The summed E-state index contributed by atoms with van der Waals surface area (Å²) in [5.41, 5.74) is 3.80. The maximum atomic E-state index is 9.64. The molecule has 2 nitrogen and oxygen atoms in total. The van der Waals surface area contributed by atoms with Crippen LogP contribution in [0.3, 0.4) is 0 Å². The molecule has 1 aliphatic carbocycles. The molecule has 2 aromatic rings. The lowest BCUT2D eigenvalue weighted by atomic mass is 9.98. The van der Waals surface area contributed by atoms with Gasteiger partial charge in [0.05, 0.1) is 0 Å². The number of phenolic OH excluding ortho intramolecular Hbond substituents is 1. The molecule has 0 amide bonds. The summed E-state index contributed by atoms with van der Waals surface area (Å²) in [6.45, 7) is 4.29. The molecule has 1 saturated carbocycles. The van der Waals surface area contributed by atoms with Crippen LogP contribution in [0.15, 0.2) is 48.5 Å². The van der Waals surface area contributed by atoms with E-state index in [2.05, 4.69) is 49.5 Å². The first-order valence-corrected chi connectivity index (χ1v) is 7.75. The third-order valence-electron chi connectivity index (χ3n) is 4.33. The van der Waals surface area contributed by atoms with E-state index < -0.39 is 0 Å². The molecule has 2 atom stereocenters. The van der Waals surface area contributed by atoms with E-state index in [0.29, 0.717) is 11.8 Å². The Hall–Kier alpha value is -1.80. The Morgan fingerprint density at radius 3 is 2.38 bits per heavy atom. The van der Waals surface area contributed by atoms with Gasteiger partial charge in [0.15, 0.2) is 0 Å². The molecule has 2 unspecified atom stereocenters. The van der Waals surface area contributed by atoms with Gasteiger partial charge in [-0.1, -0.05) is 42.0 Å². The van der Waals surface area contributed by atoms with Crippen molar-refractivity contribution in [2.75, 3.05) is 0 Å². The van der Waals surface area contributed by atoms with Gasteiger partial charge < -0.3 is 10.4 Å². The highest BCUT2D eigenvalue weighted by Gasteiger charge is 2.33. The average Bonchev–Trinajstić information content (AvgIpc) is 3.30. The lowest BCUT2D eigenvalue weighted by Gasteiger charge is -2.24. The molecule has 21 heavy (non-hydrogen) atoms. The Labute approximate surface area is 126 Å². The van der Waals surface area contributed by atoms with E-state index in [1.807, 2.05) is 12.1 Å². The number of aryl methyl sites for hydroxylation is 1. The van der Waals surface area contributed by atoms with Gasteiger partial charge in [0, 0.05) is 12.1 Å². The minimum absolute atomic E-state index is 0.226. The molecule has 0 spiro atoms. The summed E-state index contributed by atoms with van der Waals surface area (Å²) < 4.78 is 0. The number of hydrogen-bond acceptors (Lipinski definition) is 2. The van der Waals surface area contributed by atoms with Crippen LogP contribution >= 0.6 is 0 Å². The Bertz CT molecular complexity index is 601. The van der Waals surface area contributed by atoms with Crippen molar-refractivity contribution >= 4 is 0 Å². The van der Waals surface area contributed by atoms with Gasteiger partial charge >= 0.3 is 0 Å². The van der Waals surface area contributed by atoms with Gasteiger partial charge in [-0.2, -0.15) is 0 Å². The Morgan fingerprint density at radius 2 is 1.76 bits per heavy atom. The first-order chi connectivity index (χ1) is 10.1. The van der Waals surface area contributed by atoms with Crippen LogP contribution in [0.2, 0.25) is 0 Å². The lowest BCUT2D eigenvalue weighted by Crippen LogP contribution is -2.26. The standard InChI is InChI=1S/C19H23NO/c1-13-6-8-15(9-7-13)19(16-10-11-16)20-14(2)17-4-3-5-18(21)12-17/h3-9,12,14,16,19-21H,10-11H2,1-2H3. The van der Waals surface area contributed by atoms with Crippen LogP contribution in [0.4, 0.5) is 0 Å². The molecule has 0 saturated heterocycles. The SMILES string of the molecule is Cc1ccc(C(NC(C)c2cccc(O)c2)C2CC2)cc1. The van der Waals surface area contributed by atoms with Crippen molar-refractivity contribution in [1.82, 2.24) is 5.32 Å². The first-order valence-electron chi connectivity index (χ1n) is 7.75. The predicted molar refractivity (Wildman–Crippen MR) is 86.3 cm³/mol. The largest absolute Gasteiger partial charge is 0.508 e. The molecule has 1 aliphatic rings. The molecule has 0 aliphatic heterocycles. The van der Waals surface area contributed by atoms with E-state index in [-0.39, 0.29) is 6.04 Å². The van der Waals surface area contributed by atoms with E-state index in [1.54, 1.807) is 6.07 Å². The molecule has 2 heteroatoms. The summed E-state index contributed by atoms with van der Waals surface area (Å²) in [5, 5.41) is 13.4. The van der Waals surface area contributed by atoms with Gasteiger partial charge in [-0.15, -0.1) is 0 Å². The fourth-order valence-electron chi connectivity index (χ4n) is 2.87. The van der Waals surface area contributed by atoms with Crippen molar-refractivity contribution in [2.24, 2.45) is 5.92 Å². The highest BCUT2D eigenvalue weighted by Crippen LogP contribution is 2.42. The van der Waals surface area contributed by atoms with Gasteiger partial charge in [-0.05, 0) is 55.9 Å². The first kappa shape index (κ1) is 14.2. The van der Waals surface area contributed by atoms with Crippen molar-refractivity contribution in [2.45, 2.75) is 38.8 Å². The van der Waals surface area contributed by atoms with Crippen LogP contribution in [-0.2, 0) is 0 Å². The van der Waals surface area contributed by atoms with Crippen molar-refractivity contribution in [3.8, 4) is 5.75 Å². The molecule has 1 fully saturated rings. The third kappa shape index (κ3) is 3.45. The summed E-state index contributed by atoms with van der Waals surface area (Å²) in [6.07, 6.45) is 2.61. The zero-order valence-corrected chi connectivity index (χ0v) is 12.7. The van der Waals surface area contributed by atoms with Crippen molar-refractivity contribution in [1.29, 1.82) is 0 Å². The average molecular weight is 281 g/mol. The van der Waals surface area contributed by atoms with Crippen LogP contribution in [0.1, 0.15) is 48.5 Å². The second-order valence-electron chi connectivity index (χ2n) is 6.21. The number of rotatable bonds is 5. The zero-order valence-electron chi connectivity index (χ0n) is 12.7. The van der Waals surface area contributed by atoms with Gasteiger partial charge in [-0.25, -0.2) is 0 Å². The second-order valence-corrected chi connectivity index (χ2v) is 6.21. The molecule has 110 valence electrons. The fourth-order valence-corrected chi connectivity index (χ4v) is 2.87. The number of benzene rings is 2. The van der Waals surface area contributed by atoms with Gasteiger partial charge in [0.2, 0.25) is 0 Å². The number of aromatic hydroxyl groups is 1. The topological polar surface area (TPSA) is 32.3 Å². The fraction of sp³-hybridized carbons (Fsp3) is 0.368. The lowest BCUT2D eigenvalue weighted by molar-refractivity contribution is 0.424. The molecule has 0 radical (unpaired) electrons. The molecule has 0 heterocycles. The molecule has 2 aromatic carbocycles. The highest BCUT2D eigenvalue weighted by molar-refractivity contribution is 5.30. The minimum Gasteiger partial charge on any atom is -0.508 e. The summed E-state index contributed by atoms with van der Waals surface area (Å²) in [7, 11) is 0. The van der Waals surface area contributed by atoms with Gasteiger partial charge in [-0.3, -0.25) is 0 Å². The molecular weight excluding hydrogens is 258 g/mol. The maximum absolute atomic E-state index is 9.64. The highest BCUT2D eigenvalue weighted by atomic mass is 16.3. The minimum atomic E-state index is 0.226. The summed E-state index contributed by atoms with van der Waals surface area (Å²) >= 11 is 0. The molecule has 3 rings (SSSR count). The number of hydrogen-bond donors (Lipinski definition) is 2. The van der Waals surface area contributed by atoms with E-state index in [0.717, 1.165) is 11.5 Å². The van der Waals surface area contributed by atoms with Crippen LogP contribution in [-0.4, -0.2) is 5.11 Å². The van der Waals surface area contributed by atoms with E-state index in [4.69, 9.17) is 0 Å². The van der Waals surface area contributed by atoms with Crippen LogP contribution < -0.4 is 5.32 Å². The maximum Gasteiger partial charge on any atom is 0.115 e. The Balaban J connectivity index is 1.77. The Morgan fingerprint density at radius 1 is 1.05 bits per heavy atom. The number of phenols is 1. The van der Waals surface area contributed by atoms with Crippen LogP contribution in [0, 0.1) is 12.8 Å². The Kier molecular flexibility index (Phi) is 3.98.